The second-order valence-corrected chi connectivity index (χ2v) is 6.26. The van der Waals surface area contributed by atoms with E-state index in [-0.39, 0.29) is 10.9 Å². The number of aliphatic hydroxyl groups is 1. The summed E-state index contributed by atoms with van der Waals surface area (Å²) in [6.45, 7) is 3.60. The molecule has 0 bridgehead atoms. The predicted molar refractivity (Wildman–Crippen MR) is 72.0 cm³/mol. The third-order valence-corrected chi connectivity index (χ3v) is 4.54. The van der Waals surface area contributed by atoms with Crippen molar-refractivity contribution >= 4 is 16.9 Å². The van der Waals surface area contributed by atoms with Crippen LogP contribution in [0.25, 0.3) is 0 Å². The maximum absolute atomic E-state index is 11.6. The van der Waals surface area contributed by atoms with Gasteiger partial charge in [0.05, 0.1) is 4.75 Å². The number of carbonyl (C=O) groups is 1. The van der Waals surface area contributed by atoms with Crippen LogP contribution in [-0.2, 0) is 4.79 Å². The number of hydrogen-bond donors (Lipinski definition) is 1. The molecule has 0 radical (unpaired) electrons. The Hall–Kier alpha value is -0.960. The molecule has 0 saturated heterocycles. The molecular formula is C14H18O2S. The van der Waals surface area contributed by atoms with Crippen LogP contribution < -0.4 is 0 Å². The maximum Gasteiger partial charge on any atom is 0.219 e. The molecule has 0 unspecified atom stereocenters. The zero-order valence-corrected chi connectivity index (χ0v) is 11.1. The van der Waals surface area contributed by atoms with Crippen molar-refractivity contribution < 1.29 is 9.90 Å². The van der Waals surface area contributed by atoms with Crippen molar-refractivity contribution in [3.63, 3.8) is 0 Å². The van der Waals surface area contributed by atoms with Gasteiger partial charge in [0, 0.05) is 5.57 Å². The molecular weight excluding hydrogens is 232 g/mol. The number of carbonyl (C=O) groups excluding carboxylic acids is 1. The molecule has 1 aliphatic heterocycles. The Balaban J connectivity index is 2.29. The molecule has 1 atom stereocenters. The third kappa shape index (κ3) is 2.49. The molecule has 0 amide bonds. The second-order valence-electron chi connectivity index (χ2n) is 4.84. The molecule has 0 fully saturated rings. The van der Waals surface area contributed by atoms with E-state index in [1.54, 1.807) is 6.92 Å². The van der Waals surface area contributed by atoms with Crippen LogP contribution in [0.3, 0.4) is 0 Å². The first-order chi connectivity index (χ1) is 8.03. The molecule has 0 spiro atoms. The Bertz CT molecular complexity index is 432. The van der Waals surface area contributed by atoms with Crippen LogP contribution in [0.5, 0.6) is 0 Å². The highest BCUT2D eigenvalue weighted by molar-refractivity contribution is 8.16. The topological polar surface area (TPSA) is 37.3 Å². The van der Waals surface area contributed by atoms with Crippen LogP contribution >= 0.6 is 11.8 Å². The van der Waals surface area contributed by atoms with E-state index in [9.17, 15) is 9.90 Å². The molecule has 1 aliphatic carbocycles. The van der Waals surface area contributed by atoms with E-state index in [0.29, 0.717) is 5.57 Å². The van der Waals surface area contributed by atoms with E-state index in [1.807, 2.05) is 13.0 Å². The van der Waals surface area contributed by atoms with Crippen LogP contribution in [-0.4, -0.2) is 15.0 Å². The maximum atomic E-state index is 11.6. The number of aliphatic hydroxyl groups excluding tert-OH is 1. The minimum atomic E-state index is -0.564. The second kappa shape index (κ2) is 4.73. The Morgan fingerprint density at radius 3 is 2.88 bits per heavy atom. The van der Waals surface area contributed by atoms with Crippen LogP contribution in [0.2, 0.25) is 0 Å². The summed E-state index contributed by atoms with van der Waals surface area (Å²) in [7, 11) is 0. The number of hydrogen-bond acceptors (Lipinski definition) is 3. The highest BCUT2D eigenvalue weighted by Crippen LogP contribution is 2.44. The average molecular weight is 250 g/mol. The van der Waals surface area contributed by atoms with Gasteiger partial charge in [-0.1, -0.05) is 35.6 Å². The van der Waals surface area contributed by atoms with E-state index in [1.165, 1.54) is 30.2 Å². The number of allylic oxidation sites excluding steroid dienone is 3. The molecule has 2 aliphatic rings. The van der Waals surface area contributed by atoms with E-state index in [2.05, 4.69) is 12.2 Å². The van der Waals surface area contributed by atoms with Gasteiger partial charge in [0.1, 0.15) is 5.76 Å². The summed E-state index contributed by atoms with van der Waals surface area (Å²) >= 11 is 1.21. The quantitative estimate of drug-likeness (QED) is 0.766. The average Bonchev–Trinajstić information content (AvgIpc) is 2.53. The van der Waals surface area contributed by atoms with E-state index in [0.717, 1.165) is 12.8 Å². The molecule has 1 heterocycles. The summed E-state index contributed by atoms with van der Waals surface area (Å²) in [4.78, 5) is 11.6. The molecule has 17 heavy (non-hydrogen) atoms. The molecule has 3 heteroatoms. The highest BCUT2D eigenvalue weighted by Gasteiger charge is 2.40. The standard InChI is InChI=1S/C14H18O2S/c1-10-12(15)14(2,17-13(10)16)9-11-7-5-3-4-6-8-11/h5,7,9,15H,3-4,6,8H2,1-2H3/b11-9-/t14-/m1/s1. The Labute approximate surface area is 106 Å². The summed E-state index contributed by atoms with van der Waals surface area (Å²) in [5, 5.41) is 10.0. The lowest BCUT2D eigenvalue weighted by molar-refractivity contribution is -0.107. The van der Waals surface area contributed by atoms with Crippen LogP contribution in [0, 0.1) is 0 Å². The molecule has 2 nitrogen and oxygen atoms in total. The van der Waals surface area contributed by atoms with Crippen LogP contribution in [0.4, 0.5) is 0 Å². The van der Waals surface area contributed by atoms with Gasteiger partial charge in [-0.3, -0.25) is 4.79 Å². The van der Waals surface area contributed by atoms with Crippen molar-refractivity contribution in [3.8, 4) is 0 Å². The van der Waals surface area contributed by atoms with Crippen molar-refractivity contribution in [3.05, 3.63) is 35.1 Å². The first kappa shape index (κ1) is 12.5. The largest absolute Gasteiger partial charge is 0.510 e. The van der Waals surface area contributed by atoms with E-state index in [4.69, 9.17) is 0 Å². The van der Waals surface area contributed by atoms with Gasteiger partial charge in [0.25, 0.3) is 0 Å². The monoisotopic (exact) mass is 250 g/mol. The first-order valence-corrected chi connectivity index (χ1v) is 6.86. The van der Waals surface area contributed by atoms with Crippen LogP contribution in [0.1, 0.15) is 39.5 Å². The fourth-order valence-corrected chi connectivity index (χ4v) is 3.36. The van der Waals surface area contributed by atoms with Crippen molar-refractivity contribution in [2.24, 2.45) is 0 Å². The van der Waals surface area contributed by atoms with Crippen molar-refractivity contribution in [2.45, 2.75) is 44.3 Å². The zero-order chi connectivity index (χ0) is 12.5. The zero-order valence-electron chi connectivity index (χ0n) is 10.3. The van der Waals surface area contributed by atoms with Gasteiger partial charge in [0.2, 0.25) is 5.12 Å². The molecule has 1 N–H and O–H groups in total. The molecule has 0 aromatic carbocycles. The molecule has 2 rings (SSSR count). The van der Waals surface area contributed by atoms with Gasteiger partial charge in [-0.2, -0.15) is 0 Å². The lowest BCUT2D eigenvalue weighted by Gasteiger charge is -2.19. The van der Waals surface area contributed by atoms with Gasteiger partial charge in [-0.25, -0.2) is 0 Å². The van der Waals surface area contributed by atoms with Gasteiger partial charge < -0.3 is 5.11 Å². The smallest absolute Gasteiger partial charge is 0.219 e. The van der Waals surface area contributed by atoms with Crippen molar-refractivity contribution in [1.82, 2.24) is 0 Å². The summed E-state index contributed by atoms with van der Waals surface area (Å²) in [5.74, 6) is 0.220. The minimum Gasteiger partial charge on any atom is -0.510 e. The van der Waals surface area contributed by atoms with Gasteiger partial charge in [0.15, 0.2) is 0 Å². The van der Waals surface area contributed by atoms with Gasteiger partial charge >= 0.3 is 0 Å². The fourth-order valence-electron chi connectivity index (χ4n) is 2.27. The third-order valence-electron chi connectivity index (χ3n) is 3.32. The van der Waals surface area contributed by atoms with Gasteiger partial charge in [-0.15, -0.1) is 0 Å². The molecule has 92 valence electrons. The van der Waals surface area contributed by atoms with Crippen LogP contribution in [0.15, 0.2) is 35.1 Å². The van der Waals surface area contributed by atoms with Crippen molar-refractivity contribution in [1.29, 1.82) is 0 Å². The molecule has 0 saturated carbocycles. The summed E-state index contributed by atoms with van der Waals surface area (Å²) in [6, 6.07) is 0. The van der Waals surface area contributed by atoms with Crippen molar-refractivity contribution in [2.75, 3.05) is 0 Å². The Morgan fingerprint density at radius 2 is 2.24 bits per heavy atom. The summed E-state index contributed by atoms with van der Waals surface area (Å²) in [6.07, 6.45) is 10.9. The lowest BCUT2D eigenvalue weighted by Crippen LogP contribution is -2.17. The minimum absolute atomic E-state index is 0.0144. The SMILES string of the molecule is CC1=C(O)[C@@](C)(/C=C2/C=CCCCC2)SC1=O. The summed E-state index contributed by atoms with van der Waals surface area (Å²) < 4.78 is -0.564. The van der Waals surface area contributed by atoms with E-state index >= 15 is 0 Å². The predicted octanol–water partition coefficient (Wildman–Crippen LogP) is 3.91. The van der Waals surface area contributed by atoms with E-state index < -0.39 is 4.75 Å². The number of thioether (sulfide) groups is 1. The Morgan fingerprint density at radius 1 is 1.47 bits per heavy atom. The fraction of sp³-hybridized carbons (Fsp3) is 0.500. The number of rotatable bonds is 1. The molecule has 0 aromatic heterocycles. The highest BCUT2D eigenvalue weighted by atomic mass is 32.2. The first-order valence-electron chi connectivity index (χ1n) is 6.05. The Kier molecular flexibility index (Phi) is 3.48. The normalized spacial score (nSPS) is 32.4. The molecule has 0 aromatic rings. The summed E-state index contributed by atoms with van der Waals surface area (Å²) in [5.41, 5.74) is 1.72. The lowest BCUT2D eigenvalue weighted by atomic mass is 9.99. The van der Waals surface area contributed by atoms with Gasteiger partial charge in [-0.05, 0) is 39.5 Å².